The van der Waals surface area contributed by atoms with E-state index < -0.39 is 0 Å². The molecular formula is C16H23N3O. The van der Waals surface area contributed by atoms with Crippen LogP contribution >= 0.6 is 0 Å². The summed E-state index contributed by atoms with van der Waals surface area (Å²) in [5.74, 6) is 0. The third-order valence-corrected chi connectivity index (χ3v) is 3.95. The number of nitrogens with one attached hydrogen (secondary N) is 1. The Morgan fingerprint density at radius 2 is 2.30 bits per heavy atom. The molecule has 1 aliphatic rings. The quantitative estimate of drug-likeness (QED) is 0.788. The van der Waals surface area contributed by atoms with Gasteiger partial charge in [0.1, 0.15) is 0 Å². The van der Waals surface area contributed by atoms with E-state index in [4.69, 9.17) is 4.74 Å². The van der Waals surface area contributed by atoms with Crippen LogP contribution in [0.25, 0.3) is 10.9 Å². The molecule has 0 radical (unpaired) electrons. The summed E-state index contributed by atoms with van der Waals surface area (Å²) in [6.45, 7) is 3.93. The molecule has 3 rings (SSSR count). The van der Waals surface area contributed by atoms with Crippen LogP contribution in [0, 0.1) is 0 Å². The molecule has 0 aliphatic heterocycles. The zero-order chi connectivity index (χ0) is 13.9. The Morgan fingerprint density at radius 3 is 3.05 bits per heavy atom. The molecule has 108 valence electrons. The smallest absolute Gasteiger partial charge is 0.0685 e. The van der Waals surface area contributed by atoms with E-state index in [1.807, 2.05) is 6.20 Å². The molecule has 1 heterocycles. The molecule has 1 saturated carbocycles. The van der Waals surface area contributed by atoms with Crippen molar-refractivity contribution in [2.24, 2.45) is 0 Å². The first-order valence-corrected chi connectivity index (χ1v) is 7.48. The minimum atomic E-state index is 0.411. The highest BCUT2D eigenvalue weighted by Gasteiger charge is 2.23. The fourth-order valence-corrected chi connectivity index (χ4v) is 2.59. The Morgan fingerprint density at radius 1 is 1.45 bits per heavy atom. The van der Waals surface area contributed by atoms with E-state index in [2.05, 4.69) is 40.2 Å². The van der Waals surface area contributed by atoms with Crippen molar-refractivity contribution < 1.29 is 4.74 Å². The number of methoxy groups -OCH3 is 1. The normalized spacial score (nSPS) is 16.7. The standard InChI is InChI=1S/C16H23N3O/c1-12(18-15-6-7-15)13-4-5-14-11-17-19(16(14)10-13)8-3-9-20-2/h4-5,10-12,15,18H,3,6-9H2,1-2H3. The van der Waals surface area contributed by atoms with Gasteiger partial charge in [0.15, 0.2) is 0 Å². The lowest BCUT2D eigenvalue weighted by molar-refractivity contribution is 0.189. The second-order valence-corrected chi connectivity index (χ2v) is 5.69. The average Bonchev–Trinajstić information content (AvgIpc) is 3.18. The van der Waals surface area contributed by atoms with Gasteiger partial charge in [0.05, 0.1) is 11.7 Å². The lowest BCUT2D eigenvalue weighted by atomic mass is 10.1. The van der Waals surface area contributed by atoms with Crippen molar-refractivity contribution in [2.45, 2.75) is 44.8 Å². The Balaban J connectivity index is 1.78. The molecule has 20 heavy (non-hydrogen) atoms. The van der Waals surface area contributed by atoms with Crippen molar-refractivity contribution >= 4 is 10.9 Å². The minimum Gasteiger partial charge on any atom is -0.385 e. The number of fused-ring (bicyclic) bond motifs is 1. The summed E-state index contributed by atoms with van der Waals surface area (Å²) >= 11 is 0. The van der Waals surface area contributed by atoms with Crippen LogP contribution < -0.4 is 5.32 Å². The largest absolute Gasteiger partial charge is 0.385 e. The van der Waals surface area contributed by atoms with E-state index in [1.54, 1.807) is 7.11 Å². The number of aromatic nitrogens is 2. The lowest BCUT2D eigenvalue weighted by Gasteiger charge is -2.14. The Kier molecular flexibility index (Phi) is 4.03. The third kappa shape index (κ3) is 3.02. The molecule has 1 unspecified atom stereocenters. The van der Waals surface area contributed by atoms with Gasteiger partial charge < -0.3 is 10.1 Å². The second-order valence-electron chi connectivity index (χ2n) is 5.69. The molecule has 0 saturated heterocycles. The van der Waals surface area contributed by atoms with Crippen molar-refractivity contribution in [3.63, 3.8) is 0 Å². The van der Waals surface area contributed by atoms with Crippen LogP contribution in [0.5, 0.6) is 0 Å². The van der Waals surface area contributed by atoms with Crippen molar-refractivity contribution in [1.29, 1.82) is 0 Å². The van der Waals surface area contributed by atoms with Crippen LogP contribution in [0.3, 0.4) is 0 Å². The van der Waals surface area contributed by atoms with Gasteiger partial charge in [-0.25, -0.2) is 0 Å². The van der Waals surface area contributed by atoms with E-state index in [0.29, 0.717) is 6.04 Å². The van der Waals surface area contributed by atoms with E-state index >= 15 is 0 Å². The van der Waals surface area contributed by atoms with Gasteiger partial charge in [0.25, 0.3) is 0 Å². The molecule has 2 aromatic rings. The summed E-state index contributed by atoms with van der Waals surface area (Å²) in [5.41, 5.74) is 2.57. The zero-order valence-corrected chi connectivity index (χ0v) is 12.3. The molecular weight excluding hydrogens is 250 g/mol. The Bertz CT molecular complexity index is 574. The molecule has 1 aliphatic carbocycles. The molecule has 4 nitrogen and oxygen atoms in total. The highest BCUT2D eigenvalue weighted by atomic mass is 16.5. The summed E-state index contributed by atoms with van der Waals surface area (Å²) in [5, 5.41) is 9.34. The molecule has 1 aromatic carbocycles. The van der Waals surface area contributed by atoms with Crippen LogP contribution in [-0.4, -0.2) is 29.5 Å². The van der Waals surface area contributed by atoms with E-state index in [9.17, 15) is 0 Å². The minimum absolute atomic E-state index is 0.411. The van der Waals surface area contributed by atoms with Crippen LogP contribution in [0.4, 0.5) is 0 Å². The molecule has 4 heteroatoms. The predicted molar refractivity (Wildman–Crippen MR) is 80.8 cm³/mol. The van der Waals surface area contributed by atoms with Gasteiger partial charge in [-0.1, -0.05) is 12.1 Å². The Hall–Kier alpha value is -1.39. The van der Waals surface area contributed by atoms with Crippen molar-refractivity contribution in [3.8, 4) is 0 Å². The lowest BCUT2D eigenvalue weighted by Crippen LogP contribution is -2.20. The van der Waals surface area contributed by atoms with Gasteiger partial charge in [-0.15, -0.1) is 0 Å². The molecule has 0 spiro atoms. The van der Waals surface area contributed by atoms with Gasteiger partial charge in [0, 0.05) is 37.7 Å². The van der Waals surface area contributed by atoms with Crippen molar-refractivity contribution in [1.82, 2.24) is 15.1 Å². The van der Waals surface area contributed by atoms with Crippen LogP contribution in [0.2, 0.25) is 0 Å². The van der Waals surface area contributed by atoms with Gasteiger partial charge in [-0.2, -0.15) is 5.10 Å². The second kappa shape index (κ2) is 5.94. The number of rotatable bonds is 7. The molecule has 1 N–H and O–H groups in total. The van der Waals surface area contributed by atoms with E-state index in [-0.39, 0.29) is 0 Å². The van der Waals surface area contributed by atoms with Crippen LogP contribution in [0.1, 0.15) is 37.8 Å². The van der Waals surface area contributed by atoms with Gasteiger partial charge >= 0.3 is 0 Å². The predicted octanol–water partition coefficient (Wildman–Crippen LogP) is 2.89. The fourth-order valence-electron chi connectivity index (χ4n) is 2.59. The van der Waals surface area contributed by atoms with E-state index in [1.165, 1.54) is 29.3 Å². The molecule has 1 aromatic heterocycles. The highest BCUT2D eigenvalue weighted by molar-refractivity contribution is 5.79. The first-order chi connectivity index (χ1) is 9.78. The summed E-state index contributed by atoms with van der Waals surface area (Å²) in [6.07, 6.45) is 5.58. The topological polar surface area (TPSA) is 39.1 Å². The van der Waals surface area contributed by atoms with Crippen molar-refractivity contribution in [2.75, 3.05) is 13.7 Å². The number of hydrogen-bond donors (Lipinski definition) is 1. The third-order valence-electron chi connectivity index (χ3n) is 3.95. The summed E-state index contributed by atoms with van der Waals surface area (Å²) < 4.78 is 7.20. The molecule has 0 amide bonds. The number of benzene rings is 1. The maximum Gasteiger partial charge on any atom is 0.0685 e. The highest BCUT2D eigenvalue weighted by Crippen LogP contribution is 2.26. The molecule has 0 bridgehead atoms. The number of nitrogens with zero attached hydrogens (tertiary/aromatic N) is 2. The van der Waals surface area contributed by atoms with Crippen molar-refractivity contribution in [3.05, 3.63) is 30.0 Å². The first-order valence-electron chi connectivity index (χ1n) is 7.48. The zero-order valence-electron chi connectivity index (χ0n) is 12.3. The SMILES string of the molecule is COCCCn1ncc2ccc(C(C)NC3CC3)cc21. The fraction of sp³-hybridized carbons (Fsp3) is 0.562. The molecule has 1 atom stereocenters. The number of aryl methyl sites for hydroxylation is 1. The maximum atomic E-state index is 5.11. The first kappa shape index (κ1) is 13.6. The number of ether oxygens (including phenoxy) is 1. The summed E-state index contributed by atoms with van der Waals surface area (Å²) in [4.78, 5) is 0. The molecule has 1 fully saturated rings. The van der Waals surface area contributed by atoms with Crippen LogP contribution in [0.15, 0.2) is 24.4 Å². The maximum absolute atomic E-state index is 5.11. The van der Waals surface area contributed by atoms with Crippen LogP contribution in [-0.2, 0) is 11.3 Å². The van der Waals surface area contributed by atoms with Gasteiger partial charge in [-0.05, 0) is 37.8 Å². The summed E-state index contributed by atoms with van der Waals surface area (Å²) in [7, 11) is 1.74. The average molecular weight is 273 g/mol. The number of hydrogen-bond acceptors (Lipinski definition) is 3. The van der Waals surface area contributed by atoms with Gasteiger partial charge in [-0.3, -0.25) is 4.68 Å². The van der Waals surface area contributed by atoms with E-state index in [0.717, 1.165) is 25.6 Å². The van der Waals surface area contributed by atoms with Gasteiger partial charge in [0.2, 0.25) is 0 Å². The monoisotopic (exact) mass is 273 g/mol. The summed E-state index contributed by atoms with van der Waals surface area (Å²) in [6, 6.07) is 7.80. The Labute approximate surface area is 120 Å².